The quantitative estimate of drug-likeness (QED) is 0.602. The first-order valence-corrected chi connectivity index (χ1v) is 6.28. The molecule has 2 nitrogen and oxygen atoms in total. The Bertz CT molecular complexity index is 318. The Morgan fingerprint density at radius 1 is 1.31 bits per heavy atom. The third kappa shape index (κ3) is 4.60. The number of hydrogen-bond acceptors (Lipinski definition) is 2. The zero-order chi connectivity index (χ0) is 11.8. The third-order valence-electron chi connectivity index (χ3n) is 2.32. The molecular formula is C12H17Cl2NO. The van der Waals surface area contributed by atoms with E-state index in [1.54, 1.807) is 7.11 Å². The van der Waals surface area contributed by atoms with Gasteiger partial charge in [0.2, 0.25) is 0 Å². The van der Waals surface area contributed by atoms with Crippen LogP contribution in [0.4, 0.5) is 0 Å². The lowest BCUT2D eigenvalue weighted by Crippen LogP contribution is -2.18. The summed E-state index contributed by atoms with van der Waals surface area (Å²) >= 11 is 11.7. The van der Waals surface area contributed by atoms with E-state index in [0.717, 1.165) is 42.3 Å². The van der Waals surface area contributed by atoms with E-state index in [1.807, 2.05) is 18.2 Å². The van der Waals surface area contributed by atoms with Crippen LogP contribution in [0.3, 0.4) is 0 Å². The van der Waals surface area contributed by atoms with Crippen molar-refractivity contribution in [2.24, 2.45) is 0 Å². The van der Waals surface area contributed by atoms with Crippen LogP contribution in [0.15, 0.2) is 18.2 Å². The van der Waals surface area contributed by atoms with E-state index in [1.165, 1.54) is 0 Å². The maximum absolute atomic E-state index is 6.12. The van der Waals surface area contributed by atoms with E-state index < -0.39 is 0 Å². The van der Waals surface area contributed by atoms with Crippen LogP contribution in [0.1, 0.15) is 12.0 Å². The minimum absolute atomic E-state index is 0.705. The second-order valence-electron chi connectivity index (χ2n) is 3.50. The van der Waals surface area contributed by atoms with Crippen molar-refractivity contribution in [3.8, 4) is 5.75 Å². The molecule has 16 heavy (non-hydrogen) atoms. The summed E-state index contributed by atoms with van der Waals surface area (Å²) in [5.74, 6) is 1.50. The van der Waals surface area contributed by atoms with Gasteiger partial charge in [-0.15, -0.1) is 11.6 Å². The van der Waals surface area contributed by atoms with Crippen molar-refractivity contribution in [2.75, 3.05) is 26.1 Å². The standard InChI is InChI=1S/C12H17Cl2NO/c1-16-11-4-3-10(12(14)9-11)5-8-15-7-2-6-13/h3-4,9,15H,2,5-8H2,1H3. The van der Waals surface area contributed by atoms with Crippen molar-refractivity contribution in [3.63, 3.8) is 0 Å². The van der Waals surface area contributed by atoms with E-state index in [-0.39, 0.29) is 0 Å². The van der Waals surface area contributed by atoms with Gasteiger partial charge in [0.1, 0.15) is 5.75 Å². The minimum atomic E-state index is 0.705. The summed E-state index contributed by atoms with van der Waals surface area (Å²) in [6.45, 7) is 1.88. The summed E-state index contributed by atoms with van der Waals surface area (Å²) in [5, 5.41) is 4.08. The monoisotopic (exact) mass is 261 g/mol. The molecular weight excluding hydrogens is 245 g/mol. The Hall–Kier alpha value is -0.440. The molecule has 0 saturated heterocycles. The van der Waals surface area contributed by atoms with E-state index >= 15 is 0 Å². The molecule has 0 aliphatic rings. The van der Waals surface area contributed by atoms with E-state index in [9.17, 15) is 0 Å². The fraction of sp³-hybridized carbons (Fsp3) is 0.500. The fourth-order valence-corrected chi connectivity index (χ4v) is 1.80. The summed E-state index contributed by atoms with van der Waals surface area (Å²) in [6.07, 6.45) is 1.92. The van der Waals surface area contributed by atoms with Crippen LogP contribution in [0.5, 0.6) is 5.75 Å². The highest BCUT2D eigenvalue weighted by molar-refractivity contribution is 6.31. The zero-order valence-electron chi connectivity index (χ0n) is 9.43. The molecule has 0 bridgehead atoms. The van der Waals surface area contributed by atoms with Gasteiger partial charge in [0.15, 0.2) is 0 Å². The van der Waals surface area contributed by atoms with Gasteiger partial charge >= 0.3 is 0 Å². The van der Waals surface area contributed by atoms with E-state index in [2.05, 4.69) is 5.32 Å². The molecule has 0 atom stereocenters. The zero-order valence-corrected chi connectivity index (χ0v) is 10.9. The molecule has 1 aromatic rings. The van der Waals surface area contributed by atoms with Crippen LogP contribution in [-0.4, -0.2) is 26.1 Å². The van der Waals surface area contributed by atoms with Crippen LogP contribution < -0.4 is 10.1 Å². The normalized spacial score (nSPS) is 10.4. The largest absolute Gasteiger partial charge is 0.497 e. The SMILES string of the molecule is COc1ccc(CCNCCCCl)c(Cl)c1. The number of hydrogen-bond donors (Lipinski definition) is 1. The number of halogens is 2. The maximum atomic E-state index is 6.12. The Labute approximate surface area is 107 Å². The van der Waals surface area contributed by atoms with Crippen molar-refractivity contribution >= 4 is 23.2 Å². The second kappa shape index (κ2) is 7.77. The number of benzene rings is 1. The molecule has 0 aromatic heterocycles. The highest BCUT2D eigenvalue weighted by Gasteiger charge is 2.01. The molecule has 0 aliphatic carbocycles. The average molecular weight is 262 g/mol. The fourth-order valence-electron chi connectivity index (χ4n) is 1.40. The van der Waals surface area contributed by atoms with Gasteiger partial charge in [-0.1, -0.05) is 17.7 Å². The summed E-state index contributed by atoms with van der Waals surface area (Å²) in [6, 6.07) is 5.78. The van der Waals surface area contributed by atoms with Crippen molar-refractivity contribution < 1.29 is 4.74 Å². The second-order valence-corrected chi connectivity index (χ2v) is 4.29. The first-order valence-electron chi connectivity index (χ1n) is 5.37. The van der Waals surface area contributed by atoms with Crippen molar-refractivity contribution in [1.82, 2.24) is 5.32 Å². The number of ether oxygens (including phenoxy) is 1. The number of rotatable bonds is 7. The highest BCUT2D eigenvalue weighted by Crippen LogP contribution is 2.22. The topological polar surface area (TPSA) is 21.3 Å². The molecule has 0 heterocycles. The van der Waals surface area contributed by atoms with Gasteiger partial charge in [0.05, 0.1) is 7.11 Å². The van der Waals surface area contributed by atoms with Crippen LogP contribution in [0.25, 0.3) is 0 Å². The minimum Gasteiger partial charge on any atom is -0.497 e. The molecule has 0 spiro atoms. The Balaban J connectivity index is 2.36. The average Bonchev–Trinajstić information content (AvgIpc) is 2.30. The molecule has 4 heteroatoms. The molecule has 1 rings (SSSR count). The summed E-state index contributed by atoms with van der Waals surface area (Å²) < 4.78 is 5.09. The van der Waals surface area contributed by atoms with Gasteiger partial charge in [-0.2, -0.15) is 0 Å². The Morgan fingerprint density at radius 3 is 2.75 bits per heavy atom. The van der Waals surface area contributed by atoms with Crippen molar-refractivity contribution in [2.45, 2.75) is 12.8 Å². The molecule has 0 fully saturated rings. The van der Waals surface area contributed by atoms with Gasteiger partial charge in [-0.05, 0) is 43.6 Å². The first kappa shape index (κ1) is 13.6. The molecule has 0 amide bonds. The predicted octanol–water partition coefficient (Wildman–Crippen LogP) is 3.11. The number of methoxy groups -OCH3 is 1. The third-order valence-corrected chi connectivity index (χ3v) is 2.94. The Kier molecular flexibility index (Phi) is 6.62. The molecule has 0 radical (unpaired) electrons. The van der Waals surface area contributed by atoms with Crippen LogP contribution in [0, 0.1) is 0 Å². The van der Waals surface area contributed by atoms with E-state index in [0.29, 0.717) is 5.88 Å². The number of nitrogens with one attached hydrogen (secondary N) is 1. The van der Waals surface area contributed by atoms with Gasteiger partial charge in [0.25, 0.3) is 0 Å². The lowest BCUT2D eigenvalue weighted by atomic mass is 10.1. The lowest BCUT2D eigenvalue weighted by molar-refractivity contribution is 0.414. The molecule has 1 aromatic carbocycles. The van der Waals surface area contributed by atoms with Gasteiger partial charge < -0.3 is 10.1 Å². The molecule has 0 saturated carbocycles. The van der Waals surface area contributed by atoms with Gasteiger partial charge in [0, 0.05) is 10.9 Å². The van der Waals surface area contributed by atoms with Crippen molar-refractivity contribution in [1.29, 1.82) is 0 Å². The first-order chi connectivity index (χ1) is 7.77. The van der Waals surface area contributed by atoms with Crippen LogP contribution in [-0.2, 0) is 6.42 Å². The van der Waals surface area contributed by atoms with Crippen LogP contribution in [0.2, 0.25) is 5.02 Å². The maximum Gasteiger partial charge on any atom is 0.120 e. The Morgan fingerprint density at radius 2 is 2.12 bits per heavy atom. The van der Waals surface area contributed by atoms with Crippen molar-refractivity contribution in [3.05, 3.63) is 28.8 Å². The predicted molar refractivity (Wildman–Crippen MR) is 69.9 cm³/mol. The van der Waals surface area contributed by atoms with Gasteiger partial charge in [-0.3, -0.25) is 0 Å². The van der Waals surface area contributed by atoms with E-state index in [4.69, 9.17) is 27.9 Å². The molecule has 1 N–H and O–H groups in total. The summed E-state index contributed by atoms with van der Waals surface area (Å²) in [5.41, 5.74) is 1.14. The van der Waals surface area contributed by atoms with Crippen LogP contribution >= 0.6 is 23.2 Å². The molecule has 0 aliphatic heterocycles. The van der Waals surface area contributed by atoms with Gasteiger partial charge in [-0.25, -0.2) is 0 Å². The summed E-state index contributed by atoms with van der Waals surface area (Å²) in [4.78, 5) is 0. The lowest BCUT2D eigenvalue weighted by Gasteiger charge is -2.07. The highest BCUT2D eigenvalue weighted by atomic mass is 35.5. The summed E-state index contributed by atoms with van der Waals surface area (Å²) in [7, 11) is 1.64. The molecule has 90 valence electrons. The molecule has 0 unspecified atom stereocenters. The smallest absolute Gasteiger partial charge is 0.120 e. The number of alkyl halides is 1.